The molecule has 5 heteroatoms. The summed E-state index contributed by atoms with van der Waals surface area (Å²) in [5.41, 5.74) is 0.557. The zero-order valence-corrected chi connectivity index (χ0v) is 13.4. The van der Waals surface area contributed by atoms with Crippen molar-refractivity contribution in [2.75, 3.05) is 6.54 Å². The highest BCUT2D eigenvalue weighted by Gasteiger charge is 2.14. The number of aliphatic hydroxyl groups excluding tert-OH is 1. The van der Waals surface area contributed by atoms with Crippen molar-refractivity contribution in [1.29, 1.82) is 0 Å². The highest BCUT2D eigenvalue weighted by molar-refractivity contribution is 5.94. The largest absolute Gasteiger partial charge is 0.388 e. The molecule has 1 unspecified atom stereocenters. The molecular weight excluding hydrogens is 324 g/mol. The standard InChI is InChI=1S/C20H17F2NO2/c21-14-8-9-17(18(22)12-14)20(25)23-11-10-19(24)16-7-3-5-13-4-1-2-6-15(13)16/h1-9,12,19,24H,10-11H2,(H,23,25). The summed E-state index contributed by atoms with van der Waals surface area (Å²) >= 11 is 0. The number of fused-ring (bicyclic) bond motifs is 1. The van der Waals surface area contributed by atoms with Crippen LogP contribution in [0.2, 0.25) is 0 Å². The maximum absolute atomic E-state index is 13.6. The van der Waals surface area contributed by atoms with E-state index in [1.807, 2.05) is 42.5 Å². The second-order valence-electron chi connectivity index (χ2n) is 5.75. The summed E-state index contributed by atoms with van der Waals surface area (Å²) in [4.78, 5) is 12.0. The van der Waals surface area contributed by atoms with Gasteiger partial charge in [-0.3, -0.25) is 4.79 Å². The van der Waals surface area contributed by atoms with Gasteiger partial charge in [-0.2, -0.15) is 0 Å². The average molecular weight is 341 g/mol. The molecular formula is C20H17F2NO2. The summed E-state index contributed by atoms with van der Waals surface area (Å²) in [5.74, 6) is -2.28. The molecule has 3 nitrogen and oxygen atoms in total. The lowest BCUT2D eigenvalue weighted by atomic mass is 9.99. The maximum Gasteiger partial charge on any atom is 0.254 e. The molecule has 2 N–H and O–H groups in total. The zero-order valence-electron chi connectivity index (χ0n) is 13.4. The topological polar surface area (TPSA) is 49.3 Å². The van der Waals surface area contributed by atoms with Crippen LogP contribution >= 0.6 is 0 Å². The fourth-order valence-corrected chi connectivity index (χ4v) is 2.79. The molecule has 0 fully saturated rings. The molecule has 1 amide bonds. The predicted molar refractivity (Wildman–Crippen MR) is 92.2 cm³/mol. The van der Waals surface area contributed by atoms with Crippen molar-refractivity contribution in [3.63, 3.8) is 0 Å². The van der Waals surface area contributed by atoms with E-state index >= 15 is 0 Å². The van der Waals surface area contributed by atoms with Crippen LogP contribution in [0.4, 0.5) is 8.78 Å². The first kappa shape index (κ1) is 17.0. The van der Waals surface area contributed by atoms with Crippen molar-refractivity contribution >= 4 is 16.7 Å². The molecule has 3 rings (SSSR count). The zero-order chi connectivity index (χ0) is 17.8. The fourth-order valence-electron chi connectivity index (χ4n) is 2.79. The Morgan fingerprint density at radius 2 is 1.80 bits per heavy atom. The maximum atomic E-state index is 13.6. The number of aliphatic hydroxyl groups is 1. The minimum absolute atomic E-state index is 0.167. The summed E-state index contributed by atoms with van der Waals surface area (Å²) in [7, 11) is 0. The van der Waals surface area contributed by atoms with Gasteiger partial charge in [-0.15, -0.1) is 0 Å². The third-order valence-electron chi connectivity index (χ3n) is 4.06. The van der Waals surface area contributed by atoms with Crippen molar-refractivity contribution in [1.82, 2.24) is 5.32 Å². The molecule has 0 saturated heterocycles. The number of rotatable bonds is 5. The third kappa shape index (κ3) is 3.83. The molecule has 3 aromatic carbocycles. The van der Waals surface area contributed by atoms with Gasteiger partial charge in [0.25, 0.3) is 5.91 Å². The SMILES string of the molecule is O=C(NCCC(O)c1cccc2ccccc12)c1ccc(F)cc1F. The lowest BCUT2D eigenvalue weighted by Crippen LogP contribution is -2.26. The van der Waals surface area contributed by atoms with Crippen LogP contribution < -0.4 is 5.32 Å². The summed E-state index contributed by atoms with van der Waals surface area (Å²) < 4.78 is 26.5. The van der Waals surface area contributed by atoms with Crippen LogP contribution in [0.3, 0.4) is 0 Å². The molecule has 0 radical (unpaired) electrons. The van der Waals surface area contributed by atoms with Gasteiger partial charge >= 0.3 is 0 Å². The van der Waals surface area contributed by atoms with Crippen LogP contribution in [0.5, 0.6) is 0 Å². The van der Waals surface area contributed by atoms with Gasteiger partial charge in [-0.05, 0) is 34.9 Å². The molecule has 3 aromatic rings. The van der Waals surface area contributed by atoms with E-state index in [1.54, 1.807) is 0 Å². The third-order valence-corrected chi connectivity index (χ3v) is 4.06. The Labute approximate surface area is 143 Å². The summed E-state index contributed by atoms with van der Waals surface area (Å²) in [6, 6.07) is 16.2. The minimum atomic E-state index is -0.910. The molecule has 128 valence electrons. The van der Waals surface area contributed by atoms with Gasteiger partial charge in [0, 0.05) is 12.6 Å². The molecule has 0 aromatic heterocycles. The molecule has 0 heterocycles. The van der Waals surface area contributed by atoms with Crippen LogP contribution in [-0.2, 0) is 0 Å². The number of halogens is 2. The number of nitrogens with one attached hydrogen (secondary N) is 1. The molecule has 25 heavy (non-hydrogen) atoms. The fraction of sp³-hybridized carbons (Fsp3) is 0.150. The highest BCUT2D eigenvalue weighted by Crippen LogP contribution is 2.25. The van der Waals surface area contributed by atoms with Crippen molar-refractivity contribution in [2.45, 2.75) is 12.5 Å². The lowest BCUT2D eigenvalue weighted by Gasteiger charge is -2.14. The van der Waals surface area contributed by atoms with Gasteiger partial charge in [-0.1, -0.05) is 42.5 Å². The molecule has 0 aliphatic carbocycles. The quantitative estimate of drug-likeness (QED) is 0.738. The number of hydrogen-bond acceptors (Lipinski definition) is 2. The number of amides is 1. The van der Waals surface area contributed by atoms with Crippen molar-refractivity contribution in [3.8, 4) is 0 Å². The van der Waals surface area contributed by atoms with Crippen molar-refractivity contribution in [3.05, 3.63) is 83.4 Å². The van der Waals surface area contributed by atoms with E-state index in [-0.39, 0.29) is 18.5 Å². The van der Waals surface area contributed by atoms with E-state index < -0.39 is 23.6 Å². The Kier molecular flexibility index (Phi) is 5.05. The van der Waals surface area contributed by atoms with Crippen molar-refractivity contribution in [2.24, 2.45) is 0 Å². The minimum Gasteiger partial charge on any atom is -0.388 e. The second-order valence-corrected chi connectivity index (χ2v) is 5.75. The molecule has 0 bridgehead atoms. The Morgan fingerprint density at radius 3 is 2.60 bits per heavy atom. The lowest BCUT2D eigenvalue weighted by molar-refractivity contribution is 0.0939. The second kappa shape index (κ2) is 7.40. The summed E-state index contributed by atoms with van der Waals surface area (Å²) in [6.45, 7) is 0.167. The monoisotopic (exact) mass is 341 g/mol. The summed E-state index contributed by atoms with van der Waals surface area (Å²) in [5, 5.41) is 14.9. The molecule has 1 atom stereocenters. The number of carbonyl (C=O) groups excluding carboxylic acids is 1. The first-order valence-electron chi connectivity index (χ1n) is 7.95. The molecule has 0 aliphatic rings. The normalized spacial score (nSPS) is 12.1. The van der Waals surface area contributed by atoms with Crippen LogP contribution in [0.25, 0.3) is 10.8 Å². The van der Waals surface area contributed by atoms with Gasteiger partial charge < -0.3 is 10.4 Å². The van der Waals surface area contributed by atoms with Crippen LogP contribution in [0.15, 0.2) is 60.7 Å². The Morgan fingerprint density at radius 1 is 1.04 bits per heavy atom. The Hall–Kier alpha value is -2.79. The Balaban J connectivity index is 1.64. The van der Waals surface area contributed by atoms with Gasteiger partial charge in [0.2, 0.25) is 0 Å². The van der Waals surface area contributed by atoms with Gasteiger partial charge in [0.1, 0.15) is 11.6 Å². The molecule has 0 aliphatic heterocycles. The van der Waals surface area contributed by atoms with E-state index in [4.69, 9.17) is 0 Å². The first-order chi connectivity index (χ1) is 12.1. The molecule has 0 spiro atoms. The van der Waals surface area contributed by atoms with Crippen LogP contribution in [-0.4, -0.2) is 17.6 Å². The number of hydrogen-bond donors (Lipinski definition) is 2. The summed E-state index contributed by atoms with van der Waals surface area (Å²) in [6.07, 6.45) is -0.479. The smallest absolute Gasteiger partial charge is 0.254 e. The van der Waals surface area contributed by atoms with Gasteiger partial charge in [0.15, 0.2) is 0 Å². The number of benzene rings is 3. The van der Waals surface area contributed by atoms with Gasteiger partial charge in [0.05, 0.1) is 11.7 Å². The first-order valence-corrected chi connectivity index (χ1v) is 7.95. The molecule has 0 saturated carbocycles. The predicted octanol–water partition coefficient (Wildman–Crippen LogP) is 3.97. The van der Waals surface area contributed by atoms with E-state index in [0.29, 0.717) is 6.07 Å². The Bertz CT molecular complexity index is 906. The van der Waals surface area contributed by atoms with E-state index in [2.05, 4.69) is 5.32 Å². The highest BCUT2D eigenvalue weighted by atomic mass is 19.1. The van der Waals surface area contributed by atoms with E-state index in [9.17, 15) is 18.7 Å². The average Bonchev–Trinajstić information content (AvgIpc) is 2.61. The van der Waals surface area contributed by atoms with Gasteiger partial charge in [-0.25, -0.2) is 8.78 Å². The number of carbonyl (C=O) groups is 1. The van der Waals surface area contributed by atoms with Crippen LogP contribution in [0, 0.1) is 11.6 Å². The van der Waals surface area contributed by atoms with Crippen molar-refractivity contribution < 1.29 is 18.7 Å². The van der Waals surface area contributed by atoms with Crippen LogP contribution in [0.1, 0.15) is 28.4 Å². The van der Waals surface area contributed by atoms with E-state index in [1.165, 1.54) is 0 Å². The van der Waals surface area contributed by atoms with E-state index in [0.717, 1.165) is 28.5 Å².